The van der Waals surface area contributed by atoms with E-state index in [-0.39, 0.29) is 5.76 Å². The van der Waals surface area contributed by atoms with E-state index in [9.17, 15) is 4.79 Å². The molecule has 0 atom stereocenters. The van der Waals surface area contributed by atoms with Crippen LogP contribution in [-0.4, -0.2) is 36.1 Å². The van der Waals surface area contributed by atoms with Crippen molar-refractivity contribution in [2.24, 2.45) is 13.0 Å². The van der Waals surface area contributed by atoms with Crippen molar-refractivity contribution in [2.75, 3.05) is 26.7 Å². The molecule has 1 N–H and O–H groups in total. The SMILES string of the molecule is CN(Cc1ccc2c(c1)oc(=O)n2C)CC1CNC1. The fraction of sp³-hybridized carbons (Fsp3) is 0.500. The first kappa shape index (κ1) is 12.4. The van der Waals surface area contributed by atoms with Gasteiger partial charge in [-0.2, -0.15) is 0 Å². The minimum Gasteiger partial charge on any atom is -0.408 e. The Morgan fingerprint density at radius 3 is 2.95 bits per heavy atom. The molecule has 0 bridgehead atoms. The van der Waals surface area contributed by atoms with Gasteiger partial charge >= 0.3 is 5.76 Å². The highest BCUT2D eigenvalue weighted by Gasteiger charge is 2.18. The Hall–Kier alpha value is -1.59. The van der Waals surface area contributed by atoms with Gasteiger partial charge in [-0.3, -0.25) is 4.57 Å². The Labute approximate surface area is 111 Å². The normalized spacial score (nSPS) is 16.2. The Kier molecular flexibility index (Phi) is 3.16. The third-order valence-electron chi connectivity index (χ3n) is 3.75. The number of fused-ring (bicyclic) bond motifs is 1. The lowest BCUT2D eigenvalue weighted by atomic mass is 10.0. The van der Waals surface area contributed by atoms with Crippen LogP contribution in [-0.2, 0) is 13.6 Å². The van der Waals surface area contributed by atoms with E-state index in [0.29, 0.717) is 5.58 Å². The standard InChI is InChI=1S/C14H19N3O2/c1-16(9-11-6-15-7-11)8-10-3-4-12-13(5-10)19-14(18)17(12)2/h3-5,11,15H,6-9H2,1-2H3. The highest BCUT2D eigenvalue weighted by atomic mass is 16.4. The number of hydrogen-bond acceptors (Lipinski definition) is 4. The van der Waals surface area contributed by atoms with Gasteiger partial charge in [0.2, 0.25) is 0 Å². The first-order chi connectivity index (χ1) is 9.13. The summed E-state index contributed by atoms with van der Waals surface area (Å²) in [6.07, 6.45) is 0. The Morgan fingerprint density at radius 2 is 2.26 bits per heavy atom. The van der Waals surface area contributed by atoms with E-state index >= 15 is 0 Å². The maximum Gasteiger partial charge on any atom is 0.419 e. The van der Waals surface area contributed by atoms with E-state index in [4.69, 9.17) is 4.42 Å². The molecular weight excluding hydrogens is 242 g/mol. The second kappa shape index (κ2) is 4.83. The van der Waals surface area contributed by atoms with Gasteiger partial charge in [-0.15, -0.1) is 0 Å². The van der Waals surface area contributed by atoms with Crippen molar-refractivity contribution in [3.8, 4) is 0 Å². The molecule has 0 saturated carbocycles. The highest BCUT2D eigenvalue weighted by molar-refractivity contribution is 5.73. The zero-order chi connectivity index (χ0) is 13.4. The minimum absolute atomic E-state index is 0.305. The number of aryl methyl sites for hydroxylation is 1. The number of benzene rings is 1. The van der Waals surface area contributed by atoms with Gasteiger partial charge in [0.1, 0.15) is 0 Å². The largest absolute Gasteiger partial charge is 0.419 e. The number of rotatable bonds is 4. The van der Waals surface area contributed by atoms with E-state index < -0.39 is 0 Å². The molecule has 5 nitrogen and oxygen atoms in total. The molecule has 19 heavy (non-hydrogen) atoms. The molecule has 1 aliphatic rings. The molecule has 102 valence electrons. The molecule has 0 unspecified atom stereocenters. The van der Waals surface area contributed by atoms with Crippen molar-refractivity contribution in [1.82, 2.24) is 14.8 Å². The Balaban J connectivity index is 1.75. The zero-order valence-electron chi connectivity index (χ0n) is 11.3. The Bertz CT molecular complexity index is 640. The van der Waals surface area contributed by atoms with Crippen LogP contribution >= 0.6 is 0 Å². The van der Waals surface area contributed by atoms with Crippen molar-refractivity contribution < 1.29 is 4.42 Å². The van der Waals surface area contributed by atoms with E-state index in [1.54, 1.807) is 7.05 Å². The van der Waals surface area contributed by atoms with Gasteiger partial charge in [0.15, 0.2) is 5.58 Å². The fourth-order valence-corrected chi connectivity index (χ4v) is 2.57. The molecule has 2 aromatic rings. The van der Waals surface area contributed by atoms with Crippen LogP contribution in [0.25, 0.3) is 11.1 Å². The summed E-state index contributed by atoms with van der Waals surface area (Å²) >= 11 is 0. The predicted octanol–water partition coefficient (Wildman–Crippen LogP) is 0.783. The summed E-state index contributed by atoms with van der Waals surface area (Å²) in [5.41, 5.74) is 2.69. The number of nitrogens with zero attached hydrogens (tertiary/aromatic N) is 2. The first-order valence-corrected chi connectivity index (χ1v) is 6.61. The van der Waals surface area contributed by atoms with Crippen LogP contribution in [0, 0.1) is 5.92 Å². The summed E-state index contributed by atoms with van der Waals surface area (Å²) in [5.74, 6) is 0.462. The molecule has 2 heterocycles. The maximum absolute atomic E-state index is 11.4. The predicted molar refractivity (Wildman–Crippen MR) is 74.1 cm³/mol. The molecule has 1 aromatic heterocycles. The molecular formula is C14H19N3O2. The summed E-state index contributed by atoms with van der Waals surface area (Å²) in [5, 5.41) is 3.28. The van der Waals surface area contributed by atoms with Gasteiger partial charge in [0.25, 0.3) is 0 Å². The van der Waals surface area contributed by atoms with Crippen molar-refractivity contribution in [3.63, 3.8) is 0 Å². The number of hydrogen-bond donors (Lipinski definition) is 1. The van der Waals surface area contributed by atoms with Crippen LogP contribution in [0.5, 0.6) is 0 Å². The van der Waals surface area contributed by atoms with Crippen LogP contribution in [0.15, 0.2) is 27.4 Å². The number of nitrogens with one attached hydrogen (secondary N) is 1. The average Bonchev–Trinajstić information content (AvgIpc) is 2.60. The molecule has 5 heteroatoms. The van der Waals surface area contributed by atoms with Crippen molar-refractivity contribution in [3.05, 3.63) is 34.3 Å². The van der Waals surface area contributed by atoms with Crippen molar-refractivity contribution in [2.45, 2.75) is 6.54 Å². The number of aromatic nitrogens is 1. The smallest absolute Gasteiger partial charge is 0.408 e. The van der Waals surface area contributed by atoms with E-state index in [1.807, 2.05) is 12.1 Å². The molecule has 1 saturated heterocycles. The molecule has 0 amide bonds. The molecule has 3 rings (SSSR count). The summed E-state index contributed by atoms with van der Waals surface area (Å²) in [7, 11) is 3.85. The van der Waals surface area contributed by atoms with Crippen LogP contribution < -0.4 is 11.1 Å². The first-order valence-electron chi connectivity index (χ1n) is 6.61. The molecule has 0 radical (unpaired) electrons. The molecule has 1 fully saturated rings. The van der Waals surface area contributed by atoms with Crippen LogP contribution in [0.1, 0.15) is 5.56 Å². The van der Waals surface area contributed by atoms with E-state index in [1.165, 1.54) is 10.1 Å². The van der Waals surface area contributed by atoms with Crippen LogP contribution in [0.4, 0.5) is 0 Å². The third-order valence-corrected chi connectivity index (χ3v) is 3.75. The molecule has 1 aromatic carbocycles. The minimum atomic E-state index is -0.305. The van der Waals surface area contributed by atoms with Crippen molar-refractivity contribution in [1.29, 1.82) is 0 Å². The second-order valence-corrected chi connectivity index (χ2v) is 5.45. The van der Waals surface area contributed by atoms with Crippen LogP contribution in [0.2, 0.25) is 0 Å². The molecule has 0 aliphatic carbocycles. The molecule has 0 spiro atoms. The highest BCUT2D eigenvalue weighted by Crippen LogP contribution is 2.16. The van der Waals surface area contributed by atoms with Gasteiger partial charge in [-0.1, -0.05) is 6.07 Å². The van der Waals surface area contributed by atoms with Gasteiger partial charge in [-0.05, 0) is 30.7 Å². The fourth-order valence-electron chi connectivity index (χ4n) is 2.57. The number of oxazole rings is 1. The second-order valence-electron chi connectivity index (χ2n) is 5.45. The quantitative estimate of drug-likeness (QED) is 0.884. The third kappa shape index (κ3) is 2.43. The van der Waals surface area contributed by atoms with E-state index in [2.05, 4.69) is 23.3 Å². The lowest BCUT2D eigenvalue weighted by Gasteiger charge is -2.31. The Morgan fingerprint density at radius 1 is 1.47 bits per heavy atom. The van der Waals surface area contributed by atoms with Gasteiger partial charge in [-0.25, -0.2) is 4.79 Å². The van der Waals surface area contributed by atoms with Gasteiger partial charge in [0.05, 0.1) is 5.52 Å². The van der Waals surface area contributed by atoms with Gasteiger partial charge < -0.3 is 14.6 Å². The van der Waals surface area contributed by atoms with Crippen molar-refractivity contribution >= 4 is 11.1 Å². The molecule has 1 aliphatic heterocycles. The summed E-state index contributed by atoms with van der Waals surface area (Å²) < 4.78 is 6.74. The average molecular weight is 261 g/mol. The van der Waals surface area contributed by atoms with Crippen LogP contribution in [0.3, 0.4) is 0 Å². The van der Waals surface area contributed by atoms with Gasteiger partial charge in [0, 0.05) is 33.2 Å². The lowest BCUT2D eigenvalue weighted by molar-refractivity contribution is 0.218. The van der Waals surface area contributed by atoms with E-state index in [0.717, 1.165) is 37.6 Å². The lowest BCUT2D eigenvalue weighted by Crippen LogP contribution is -2.47. The summed E-state index contributed by atoms with van der Waals surface area (Å²) in [4.78, 5) is 13.8. The zero-order valence-corrected chi connectivity index (χ0v) is 11.3. The maximum atomic E-state index is 11.4. The topological polar surface area (TPSA) is 50.4 Å². The monoisotopic (exact) mass is 261 g/mol. The summed E-state index contributed by atoms with van der Waals surface area (Å²) in [6.45, 7) is 4.22. The summed E-state index contributed by atoms with van der Waals surface area (Å²) in [6, 6.07) is 5.98.